The van der Waals surface area contributed by atoms with E-state index in [9.17, 15) is 0 Å². The summed E-state index contributed by atoms with van der Waals surface area (Å²) in [6.07, 6.45) is 43.3. The minimum atomic E-state index is 1.12. The SMILES string of the molecule is CC(C)=CCC/C(C)=C/C=C/C(C)=C\C=C/C(C)=C/C=C/C=C(C)/C=C\C=C(C)/C=C/C=C(\C)CCC=C(C)C. The fourth-order valence-corrected chi connectivity index (χ4v) is 3.41. The second kappa shape index (κ2) is 23.5. The summed E-state index contributed by atoms with van der Waals surface area (Å²) in [6, 6.07) is 0. The van der Waals surface area contributed by atoms with Crippen LogP contribution in [0.4, 0.5) is 0 Å². The summed E-state index contributed by atoms with van der Waals surface area (Å²) in [6.45, 7) is 21.5. The zero-order valence-electron chi connectivity index (χ0n) is 27.2. The Balaban J connectivity index is 4.70. The van der Waals surface area contributed by atoms with Crippen molar-refractivity contribution in [2.45, 2.75) is 94.9 Å². The van der Waals surface area contributed by atoms with Gasteiger partial charge in [-0.15, -0.1) is 0 Å². The lowest BCUT2D eigenvalue weighted by molar-refractivity contribution is 0.967. The predicted octanol–water partition coefficient (Wildman–Crippen LogP) is 12.9. The minimum absolute atomic E-state index is 1.12. The summed E-state index contributed by atoms with van der Waals surface area (Å²) >= 11 is 0. The Morgan fingerprint density at radius 2 is 0.625 bits per heavy atom. The molecule has 0 N–H and O–H groups in total. The maximum atomic E-state index is 2.30. The van der Waals surface area contributed by atoms with Crippen molar-refractivity contribution in [1.29, 1.82) is 0 Å². The maximum absolute atomic E-state index is 2.30. The number of hydrogen-bond donors (Lipinski definition) is 0. The lowest BCUT2D eigenvalue weighted by atomic mass is 10.1. The van der Waals surface area contributed by atoms with Crippen LogP contribution in [0.3, 0.4) is 0 Å². The zero-order chi connectivity index (χ0) is 30.2. The summed E-state index contributed by atoms with van der Waals surface area (Å²) in [4.78, 5) is 0. The van der Waals surface area contributed by atoms with Crippen molar-refractivity contribution in [3.8, 4) is 0 Å². The van der Waals surface area contributed by atoms with Gasteiger partial charge in [0.1, 0.15) is 0 Å². The quantitative estimate of drug-likeness (QED) is 0.136. The van der Waals surface area contributed by atoms with Crippen molar-refractivity contribution in [3.63, 3.8) is 0 Å². The number of rotatable bonds is 16. The first-order valence-corrected chi connectivity index (χ1v) is 14.7. The molecule has 0 aliphatic carbocycles. The van der Waals surface area contributed by atoms with Crippen molar-refractivity contribution in [2.75, 3.05) is 0 Å². The molecule has 0 saturated heterocycles. The van der Waals surface area contributed by atoms with Gasteiger partial charge in [0.05, 0.1) is 0 Å². The third-order valence-electron chi connectivity index (χ3n) is 5.93. The smallest absolute Gasteiger partial charge is 0.0285 e. The van der Waals surface area contributed by atoms with Gasteiger partial charge in [-0.3, -0.25) is 0 Å². The minimum Gasteiger partial charge on any atom is -0.0856 e. The van der Waals surface area contributed by atoms with E-state index in [2.05, 4.69) is 179 Å². The van der Waals surface area contributed by atoms with Gasteiger partial charge in [0.2, 0.25) is 0 Å². The van der Waals surface area contributed by atoms with Gasteiger partial charge in [-0.2, -0.15) is 0 Å². The Labute approximate surface area is 248 Å². The number of hydrogen-bond acceptors (Lipinski definition) is 0. The summed E-state index contributed by atoms with van der Waals surface area (Å²) < 4.78 is 0. The highest BCUT2D eigenvalue weighted by Crippen LogP contribution is 2.09. The first-order valence-electron chi connectivity index (χ1n) is 14.7. The Morgan fingerprint density at radius 1 is 0.350 bits per heavy atom. The Morgan fingerprint density at radius 3 is 0.925 bits per heavy atom. The maximum Gasteiger partial charge on any atom is -0.0285 e. The molecule has 0 spiro atoms. The average molecular weight is 537 g/mol. The normalized spacial score (nSPS) is 15.1. The lowest BCUT2D eigenvalue weighted by Crippen LogP contribution is -1.76. The molecule has 0 heterocycles. The molecule has 0 heteroatoms. The van der Waals surface area contributed by atoms with Crippen LogP contribution in [-0.2, 0) is 0 Å². The summed E-state index contributed by atoms with van der Waals surface area (Å²) in [5.74, 6) is 0. The highest BCUT2D eigenvalue weighted by atomic mass is 13.9. The highest BCUT2D eigenvalue weighted by Gasteiger charge is 1.88. The van der Waals surface area contributed by atoms with Crippen LogP contribution in [0.5, 0.6) is 0 Å². The predicted molar refractivity (Wildman–Crippen MR) is 186 cm³/mol. The van der Waals surface area contributed by atoms with E-state index in [1.807, 2.05) is 0 Å². The van der Waals surface area contributed by atoms with Gasteiger partial charge in [0.15, 0.2) is 0 Å². The van der Waals surface area contributed by atoms with Crippen LogP contribution in [0.15, 0.2) is 154 Å². The third-order valence-corrected chi connectivity index (χ3v) is 5.93. The van der Waals surface area contributed by atoms with Crippen molar-refractivity contribution in [2.24, 2.45) is 0 Å². The monoisotopic (exact) mass is 536 g/mol. The van der Waals surface area contributed by atoms with Gasteiger partial charge in [0.25, 0.3) is 0 Å². The van der Waals surface area contributed by atoms with Crippen LogP contribution in [-0.4, -0.2) is 0 Å². The van der Waals surface area contributed by atoms with Gasteiger partial charge in [-0.05, 0) is 94.9 Å². The van der Waals surface area contributed by atoms with E-state index in [-0.39, 0.29) is 0 Å². The van der Waals surface area contributed by atoms with Gasteiger partial charge in [-0.1, -0.05) is 154 Å². The van der Waals surface area contributed by atoms with Crippen LogP contribution in [0.2, 0.25) is 0 Å². The van der Waals surface area contributed by atoms with Gasteiger partial charge < -0.3 is 0 Å². The van der Waals surface area contributed by atoms with Crippen LogP contribution in [0, 0.1) is 0 Å². The average Bonchev–Trinajstić information content (AvgIpc) is 2.86. The second-order valence-electron chi connectivity index (χ2n) is 11.1. The van der Waals surface area contributed by atoms with Crippen LogP contribution >= 0.6 is 0 Å². The molecule has 0 amide bonds. The molecule has 0 aliphatic rings. The molecule has 0 nitrogen and oxygen atoms in total. The molecule has 0 fully saturated rings. The van der Waals surface area contributed by atoms with Gasteiger partial charge in [-0.25, -0.2) is 0 Å². The molecule has 40 heavy (non-hydrogen) atoms. The van der Waals surface area contributed by atoms with E-state index in [4.69, 9.17) is 0 Å². The molecule has 0 unspecified atom stereocenters. The summed E-state index contributed by atoms with van der Waals surface area (Å²) in [5.41, 5.74) is 10.5. The molecular weight excluding hydrogens is 480 g/mol. The topological polar surface area (TPSA) is 0 Å². The molecule has 0 aromatic rings. The standard InChI is InChI=1S/C40H56/c1-33(2)19-13-23-37(7)27-17-31-39(9)29-15-25-35(5)21-11-12-22-36(6)26-16-30-40(10)32-18-28-38(8)24-14-20-34(3)4/h11-12,15-22,25-32H,13-14,23-24H2,1-10H3/b12-11+,25-15-,26-16-,31-17+,32-18+,35-21+,36-22+,37-27+,38-28+,39-29-,40-30-. The van der Waals surface area contributed by atoms with Crippen LogP contribution < -0.4 is 0 Å². The van der Waals surface area contributed by atoms with E-state index >= 15 is 0 Å². The molecule has 216 valence electrons. The van der Waals surface area contributed by atoms with E-state index in [0.29, 0.717) is 0 Å². The zero-order valence-corrected chi connectivity index (χ0v) is 27.2. The summed E-state index contributed by atoms with van der Waals surface area (Å²) in [7, 11) is 0. The van der Waals surface area contributed by atoms with Crippen molar-refractivity contribution < 1.29 is 0 Å². The fourth-order valence-electron chi connectivity index (χ4n) is 3.41. The Hall–Kier alpha value is -3.38. The van der Waals surface area contributed by atoms with Crippen molar-refractivity contribution in [1.82, 2.24) is 0 Å². The lowest BCUT2D eigenvalue weighted by Gasteiger charge is -1.96. The van der Waals surface area contributed by atoms with Gasteiger partial charge in [0, 0.05) is 0 Å². The molecule has 0 bridgehead atoms. The number of allylic oxidation sites excluding steroid dienone is 26. The first-order chi connectivity index (χ1) is 19.0. The molecule has 0 aliphatic heterocycles. The molecule has 0 aromatic carbocycles. The highest BCUT2D eigenvalue weighted by molar-refractivity contribution is 5.32. The molecule has 0 atom stereocenters. The summed E-state index contributed by atoms with van der Waals surface area (Å²) in [5, 5.41) is 0. The van der Waals surface area contributed by atoms with E-state index in [1.165, 1.54) is 44.6 Å². The van der Waals surface area contributed by atoms with E-state index < -0.39 is 0 Å². The first kappa shape index (κ1) is 36.6. The molecule has 0 radical (unpaired) electrons. The fraction of sp³-hybridized carbons (Fsp3) is 0.350. The molecule has 0 saturated carbocycles. The largest absolute Gasteiger partial charge is 0.0856 e. The Bertz CT molecular complexity index is 1050. The molecular formula is C40H56. The second-order valence-corrected chi connectivity index (χ2v) is 11.1. The molecule has 0 aromatic heterocycles. The van der Waals surface area contributed by atoms with E-state index in [1.54, 1.807) is 0 Å². The van der Waals surface area contributed by atoms with Crippen molar-refractivity contribution >= 4 is 0 Å². The van der Waals surface area contributed by atoms with Gasteiger partial charge >= 0.3 is 0 Å². The van der Waals surface area contributed by atoms with Crippen LogP contribution in [0.1, 0.15) is 94.9 Å². The van der Waals surface area contributed by atoms with E-state index in [0.717, 1.165) is 25.7 Å². The third kappa shape index (κ3) is 24.9. The van der Waals surface area contributed by atoms with Crippen molar-refractivity contribution in [3.05, 3.63) is 154 Å². The molecule has 0 rings (SSSR count). The van der Waals surface area contributed by atoms with Crippen LogP contribution in [0.25, 0.3) is 0 Å². The Kier molecular flexibility index (Phi) is 21.5.